The van der Waals surface area contributed by atoms with Crippen LogP contribution >= 0.6 is 24.4 Å². The lowest BCUT2D eigenvalue weighted by Gasteiger charge is -2.18. The van der Waals surface area contributed by atoms with E-state index in [0.29, 0.717) is 33.5 Å². The molecule has 3 amide bonds. The van der Waals surface area contributed by atoms with Gasteiger partial charge < -0.3 is 20.5 Å². The zero-order chi connectivity index (χ0) is 18.6. The normalized spacial score (nSPS) is 10.1. The number of amides is 3. The molecule has 0 aromatic heterocycles. The number of nitrogens with two attached hydrogens (primary N) is 1. The zero-order valence-electron chi connectivity index (χ0n) is 13.4. The van der Waals surface area contributed by atoms with Crippen molar-refractivity contribution >= 4 is 47.7 Å². The van der Waals surface area contributed by atoms with Crippen molar-refractivity contribution in [1.29, 1.82) is 0 Å². The molecule has 0 aliphatic carbocycles. The molecule has 0 saturated carbocycles. The van der Waals surface area contributed by atoms with E-state index in [9.17, 15) is 9.59 Å². The van der Waals surface area contributed by atoms with Crippen LogP contribution in [0.3, 0.4) is 0 Å². The van der Waals surface area contributed by atoms with E-state index in [0.717, 1.165) is 4.31 Å². The Morgan fingerprint density at radius 1 is 1.12 bits per heavy atom. The number of primary amides is 1. The molecule has 0 heterocycles. The number of anilines is 2. The van der Waals surface area contributed by atoms with Crippen LogP contribution < -0.4 is 24.8 Å². The second-order valence-corrected chi connectivity index (χ2v) is 5.65. The number of nitrogens with one attached hydrogen (secondary N) is 1. The van der Waals surface area contributed by atoms with Crippen LogP contribution in [0.2, 0.25) is 5.02 Å². The van der Waals surface area contributed by atoms with Gasteiger partial charge in [-0.1, -0.05) is 24.4 Å². The Balaban J connectivity index is 2.21. The quantitative estimate of drug-likeness (QED) is 0.692. The van der Waals surface area contributed by atoms with E-state index >= 15 is 0 Å². The first-order chi connectivity index (χ1) is 11.9. The van der Waals surface area contributed by atoms with Gasteiger partial charge in [-0.15, -0.1) is 0 Å². The maximum absolute atomic E-state index is 12.4. The lowest BCUT2D eigenvalue weighted by molar-refractivity contribution is 0.100. The Kier molecular flexibility index (Phi) is 6.00. The highest BCUT2D eigenvalue weighted by atomic mass is 35.5. The average molecular weight is 382 g/mol. The van der Waals surface area contributed by atoms with Crippen LogP contribution in [0, 0.1) is 0 Å². The van der Waals surface area contributed by atoms with E-state index in [1.807, 2.05) is 0 Å². The number of ether oxygens (including phenoxy) is 2. The van der Waals surface area contributed by atoms with Gasteiger partial charge in [0.05, 0.1) is 30.6 Å². The molecule has 0 bridgehead atoms. The van der Waals surface area contributed by atoms with Gasteiger partial charge in [-0.25, -0.2) is 9.10 Å². The molecular weight excluding hydrogens is 366 g/mol. The summed E-state index contributed by atoms with van der Waals surface area (Å²) in [6, 6.07) is 8.61. The van der Waals surface area contributed by atoms with E-state index < -0.39 is 11.9 Å². The van der Waals surface area contributed by atoms with Crippen molar-refractivity contribution in [2.45, 2.75) is 0 Å². The third-order valence-electron chi connectivity index (χ3n) is 3.30. The van der Waals surface area contributed by atoms with Gasteiger partial charge in [0.25, 0.3) is 0 Å². The fourth-order valence-corrected chi connectivity index (χ4v) is 2.43. The van der Waals surface area contributed by atoms with E-state index in [1.165, 1.54) is 32.4 Å². The lowest BCUT2D eigenvalue weighted by Crippen LogP contribution is -2.27. The first-order valence-corrected chi connectivity index (χ1v) is 7.76. The van der Waals surface area contributed by atoms with Crippen LogP contribution in [0.5, 0.6) is 11.5 Å². The number of methoxy groups -OCH3 is 2. The van der Waals surface area contributed by atoms with Crippen molar-refractivity contribution in [3.63, 3.8) is 0 Å². The van der Waals surface area contributed by atoms with Crippen molar-refractivity contribution in [3.05, 3.63) is 47.0 Å². The van der Waals surface area contributed by atoms with Crippen molar-refractivity contribution in [1.82, 2.24) is 0 Å². The first-order valence-electron chi connectivity index (χ1n) is 6.98. The predicted octanol–water partition coefficient (Wildman–Crippen LogP) is 3.34. The van der Waals surface area contributed by atoms with Crippen LogP contribution in [-0.2, 0) is 0 Å². The summed E-state index contributed by atoms with van der Waals surface area (Å²) in [7, 11) is 2.93. The highest BCUT2D eigenvalue weighted by molar-refractivity contribution is 7.82. The number of rotatable bonds is 5. The third kappa shape index (κ3) is 4.28. The molecule has 0 unspecified atom stereocenters. The molecular formula is C16H16ClN3O4S. The molecule has 9 heteroatoms. The molecule has 132 valence electrons. The predicted molar refractivity (Wildman–Crippen MR) is 100.0 cm³/mol. The summed E-state index contributed by atoms with van der Waals surface area (Å²) < 4.78 is 11.4. The smallest absolute Gasteiger partial charge is 0.336 e. The third-order valence-corrected chi connectivity index (χ3v) is 4.01. The van der Waals surface area contributed by atoms with Gasteiger partial charge in [-0.2, -0.15) is 0 Å². The molecule has 25 heavy (non-hydrogen) atoms. The molecule has 2 rings (SSSR count). The Morgan fingerprint density at radius 2 is 1.72 bits per heavy atom. The van der Waals surface area contributed by atoms with Gasteiger partial charge in [-0.3, -0.25) is 4.79 Å². The molecule has 3 N–H and O–H groups in total. The molecule has 0 aliphatic rings. The molecule has 2 aromatic rings. The Hall–Kier alpha value is -2.58. The van der Waals surface area contributed by atoms with Crippen LogP contribution in [0.4, 0.5) is 16.2 Å². The maximum Gasteiger partial charge on any atom is 0.336 e. The fourth-order valence-electron chi connectivity index (χ4n) is 2.01. The summed E-state index contributed by atoms with van der Waals surface area (Å²) >= 11 is 10.2. The lowest BCUT2D eigenvalue weighted by atomic mass is 10.2. The van der Waals surface area contributed by atoms with Crippen LogP contribution in [0.15, 0.2) is 36.4 Å². The van der Waals surface area contributed by atoms with Crippen molar-refractivity contribution < 1.29 is 19.1 Å². The van der Waals surface area contributed by atoms with E-state index in [2.05, 4.69) is 18.1 Å². The number of hydrogen-bond acceptors (Lipinski definition) is 5. The summed E-state index contributed by atoms with van der Waals surface area (Å²) in [4.78, 5) is 23.5. The molecule has 0 radical (unpaired) electrons. The van der Waals surface area contributed by atoms with Crippen LogP contribution in [0.1, 0.15) is 10.4 Å². The molecule has 0 spiro atoms. The number of benzene rings is 2. The summed E-state index contributed by atoms with van der Waals surface area (Å²) in [6.45, 7) is 0. The minimum atomic E-state index is -0.556. The van der Waals surface area contributed by atoms with Gasteiger partial charge in [0, 0.05) is 11.6 Å². The standard InChI is InChI=1S/C16H16ClN3O4S/c1-23-13-8-14(24-2)12(7-11(13)17)19-16(22)20(25)10-5-3-9(4-6-10)15(18)21/h3-8,25H,1-2H3,(H2,18,21)(H,19,22). The number of nitrogens with zero attached hydrogens (tertiary/aromatic N) is 1. The molecule has 0 atom stereocenters. The zero-order valence-corrected chi connectivity index (χ0v) is 15.1. The van der Waals surface area contributed by atoms with Gasteiger partial charge in [0.1, 0.15) is 11.5 Å². The van der Waals surface area contributed by atoms with E-state index in [-0.39, 0.29) is 0 Å². The van der Waals surface area contributed by atoms with Crippen LogP contribution in [0.25, 0.3) is 0 Å². The monoisotopic (exact) mass is 381 g/mol. The van der Waals surface area contributed by atoms with Gasteiger partial charge in [-0.05, 0) is 30.3 Å². The molecule has 0 aliphatic heterocycles. The number of carbonyl (C=O) groups is 2. The van der Waals surface area contributed by atoms with E-state index in [4.69, 9.17) is 26.8 Å². The molecule has 2 aromatic carbocycles. The van der Waals surface area contributed by atoms with Crippen molar-refractivity contribution in [3.8, 4) is 11.5 Å². The SMILES string of the molecule is COc1cc(OC)c(NC(=O)N(S)c2ccc(C(N)=O)cc2)cc1Cl. The Bertz CT molecular complexity index is 799. The molecule has 0 saturated heterocycles. The van der Waals surface area contributed by atoms with Crippen molar-refractivity contribution in [2.75, 3.05) is 23.8 Å². The number of hydrogen-bond donors (Lipinski definition) is 3. The molecule has 0 fully saturated rings. The minimum absolute atomic E-state index is 0.315. The second kappa shape index (κ2) is 8.00. The van der Waals surface area contributed by atoms with E-state index in [1.54, 1.807) is 18.2 Å². The van der Waals surface area contributed by atoms with Crippen molar-refractivity contribution in [2.24, 2.45) is 5.73 Å². The summed E-state index contributed by atoms with van der Waals surface area (Å²) in [5.41, 5.74) is 6.31. The summed E-state index contributed by atoms with van der Waals surface area (Å²) in [5, 5.41) is 2.96. The fraction of sp³-hybridized carbons (Fsp3) is 0.125. The Morgan fingerprint density at radius 3 is 2.24 bits per heavy atom. The van der Waals surface area contributed by atoms with Crippen LogP contribution in [-0.4, -0.2) is 26.2 Å². The summed E-state index contributed by atoms with van der Waals surface area (Å²) in [5.74, 6) is 0.237. The Labute approximate surface area is 155 Å². The number of carbonyl (C=O) groups excluding carboxylic acids is 2. The minimum Gasteiger partial charge on any atom is -0.495 e. The topological polar surface area (TPSA) is 93.9 Å². The largest absolute Gasteiger partial charge is 0.495 e. The van der Waals surface area contributed by atoms with Gasteiger partial charge in [0.2, 0.25) is 5.91 Å². The van der Waals surface area contributed by atoms with Gasteiger partial charge >= 0.3 is 6.03 Å². The summed E-state index contributed by atoms with van der Waals surface area (Å²) in [6.07, 6.45) is 0. The highest BCUT2D eigenvalue weighted by Crippen LogP contribution is 2.36. The number of thiol groups is 1. The van der Waals surface area contributed by atoms with Gasteiger partial charge in [0.15, 0.2) is 0 Å². The average Bonchev–Trinajstić information content (AvgIpc) is 2.61. The first kappa shape index (κ1) is 18.8. The second-order valence-electron chi connectivity index (χ2n) is 4.84. The number of halogens is 1. The highest BCUT2D eigenvalue weighted by Gasteiger charge is 2.17. The maximum atomic E-state index is 12.4. The molecule has 7 nitrogen and oxygen atoms in total. The number of urea groups is 1.